The minimum Gasteiger partial charge on any atom is -0.778 e. The first-order valence-corrected chi connectivity index (χ1v) is 4.16. The molecule has 0 heterocycles. The Hall–Kier alpha value is 0.289. The maximum absolute atomic E-state index is 10.2. The fourth-order valence-electron chi connectivity index (χ4n) is 0.550. The van der Waals surface area contributed by atoms with Crippen molar-refractivity contribution in [2.75, 3.05) is 0 Å². The van der Waals surface area contributed by atoms with Gasteiger partial charge in [-0.2, -0.15) is 0 Å². The second-order valence-corrected chi connectivity index (χ2v) is 3.37. The van der Waals surface area contributed by atoms with E-state index in [-0.39, 0.29) is 32.9 Å². The van der Waals surface area contributed by atoms with Gasteiger partial charge in [0.15, 0.2) is 0 Å². The molecule has 0 amide bonds. The van der Waals surface area contributed by atoms with Crippen LogP contribution in [0.2, 0.25) is 0 Å². The number of carbonyl (C=O) groups is 2. The Bertz CT molecular complexity index is 167. The molecule has 1 radical (unpaired) electrons. The van der Waals surface area contributed by atoms with Gasteiger partial charge in [-0.25, -0.2) is 0 Å². The predicted molar refractivity (Wildman–Crippen MR) is 46.8 cm³/mol. The van der Waals surface area contributed by atoms with E-state index in [0.29, 0.717) is 0 Å². The van der Waals surface area contributed by atoms with Crippen molar-refractivity contribution in [2.24, 2.45) is 0 Å². The zero-order valence-corrected chi connectivity index (χ0v) is 9.97. The molecule has 0 bridgehead atoms. The maximum Gasteiger partial charge on any atom is 0.282 e. The van der Waals surface area contributed by atoms with Gasteiger partial charge in [-0.15, -0.1) is 0 Å². The van der Waals surface area contributed by atoms with E-state index in [9.17, 15) is 9.59 Å². The minimum absolute atomic E-state index is 0. The molecule has 7 heteroatoms. The van der Waals surface area contributed by atoms with Crippen molar-refractivity contribution < 1.29 is 39.9 Å². The molecule has 0 fully saturated rings. The first-order valence-electron chi connectivity index (χ1n) is 3.22. The van der Waals surface area contributed by atoms with E-state index < -0.39 is 22.4 Å². The van der Waals surface area contributed by atoms with Gasteiger partial charge in [0.2, 0.25) is 0 Å². The number of carboxylic acid groups (broad SMARTS) is 2. The third-order valence-corrected chi connectivity index (χ3v) is 2.12. The molecular formula is C6H8O4S2Tc-2. The average Bonchev–Trinajstić information content (AvgIpc) is 1.98. The van der Waals surface area contributed by atoms with Gasteiger partial charge in [-0.3, -0.25) is 9.59 Å². The van der Waals surface area contributed by atoms with Crippen LogP contribution in [0, 0.1) is 0 Å². The molecule has 0 aromatic heterocycles. The standard InChI is InChI=1S/C6H10O4S2.Tc/c7-5(8)3(11)1-2-4(12)6(9)10;/h3-4,11-12H,1-2H2,(H,7,8)(H,9,10);/p-2/i;1+1. The zero-order valence-electron chi connectivity index (χ0n) is 6.47. The summed E-state index contributed by atoms with van der Waals surface area (Å²) in [7, 11) is 0. The van der Waals surface area contributed by atoms with E-state index >= 15 is 0 Å². The van der Waals surface area contributed by atoms with Crippen LogP contribution in [-0.4, -0.2) is 32.7 Å². The fraction of sp³-hybridized carbons (Fsp3) is 0.667. The van der Waals surface area contributed by atoms with Crippen LogP contribution in [0.5, 0.6) is 0 Å². The topological polar surface area (TPSA) is 74.6 Å². The summed E-state index contributed by atoms with van der Waals surface area (Å²) in [5.74, 6) is -2.20. The first-order chi connectivity index (χ1) is 5.45. The summed E-state index contributed by atoms with van der Waals surface area (Å²) >= 11 is 9.05. The molecule has 0 aliphatic carbocycles. The van der Waals surface area contributed by atoms with E-state index in [1.807, 2.05) is 0 Å². The Kier molecular flexibility index (Phi) is 9.29. The summed E-state index contributed by atoms with van der Waals surface area (Å²) in [5, 5.41) is 14.8. The summed E-state index contributed by atoms with van der Waals surface area (Å²) in [6, 6.07) is 0. The summed E-state index contributed by atoms with van der Waals surface area (Å²) in [6.45, 7) is 0. The number of rotatable bonds is 5. The normalized spacial score (nSPS) is 14.0. The van der Waals surface area contributed by atoms with Gasteiger partial charge in [-0.05, 0) is 0 Å². The van der Waals surface area contributed by atoms with Crippen molar-refractivity contribution >= 4 is 37.2 Å². The predicted octanol–water partition coefficient (Wildman–Crippen LogP) is -0.236. The molecule has 2 N–H and O–H groups in total. The monoisotopic (exact) mass is 307 g/mol. The van der Waals surface area contributed by atoms with Crippen LogP contribution < -0.4 is 0 Å². The third-order valence-electron chi connectivity index (χ3n) is 1.24. The molecule has 0 saturated heterocycles. The fourth-order valence-corrected chi connectivity index (χ4v) is 0.822. The number of hydrogen-bond acceptors (Lipinski definition) is 4. The van der Waals surface area contributed by atoms with Crippen LogP contribution >= 0.6 is 0 Å². The Morgan fingerprint density at radius 1 is 1.00 bits per heavy atom. The van der Waals surface area contributed by atoms with Gasteiger partial charge in [0.05, 0.1) is 0 Å². The summed E-state index contributed by atoms with van der Waals surface area (Å²) in [4.78, 5) is 20.4. The van der Waals surface area contributed by atoms with Crippen LogP contribution in [-0.2, 0) is 55.0 Å². The Balaban J connectivity index is 0. The van der Waals surface area contributed by atoms with E-state index in [0.717, 1.165) is 0 Å². The Morgan fingerprint density at radius 2 is 1.23 bits per heavy atom. The molecule has 13 heavy (non-hydrogen) atoms. The van der Waals surface area contributed by atoms with Crippen LogP contribution in [0.3, 0.4) is 0 Å². The van der Waals surface area contributed by atoms with Crippen molar-refractivity contribution in [1.82, 2.24) is 0 Å². The van der Waals surface area contributed by atoms with Gasteiger partial charge < -0.3 is 35.5 Å². The van der Waals surface area contributed by atoms with Crippen LogP contribution in [0.1, 0.15) is 12.8 Å². The van der Waals surface area contributed by atoms with Crippen molar-refractivity contribution in [3.8, 4) is 0 Å². The molecule has 0 rings (SSSR count). The molecule has 77 valence electrons. The van der Waals surface area contributed by atoms with Gasteiger partial charge in [-0.1, -0.05) is 23.3 Å². The van der Waals surface area contributed by atoms with E-state index in [4.69, 9.17) is 10.2 Å². The average molecular weight is 307 g/mol. The number of aliphatic carboxylic acids is 2. The minimum atomic E-state index is -1.10. The van der Waals surface area contributed by atoms with Crippen molar-refractivity contribution in [3.63, 3.8) is 0 Å². The van der Waals surface area contributed by atoms with E-state index in [1.54, 1.807) is 0 Å². The van der Waals surface area contributed by atoms with Gasteiger partial charge >= 0.3 is 0 Å². The largest absolute Gasteiger partial charge is 0.778 e. The zero-order chi connectivity index (χ0) is 9.72. The van der Waals surface area contributed by atoms with Crippen molar-refractivity contribution in [2.45, 2.75) is 23.3 Å². The summed E-state index contributed by atoms with van der Waals surface area (Å²) < 4.78 is 0. The van der Waals surface area contributed by atoms with Crippen LogP contribution in [0.4, 0.5) is 0 Å². The quantitative estimate of drug-likeness (QED) is 0.683. The molecule has 0 aromatic carbocycles. The van der Waals surface area contributed by atoms with Gasteiger partial charge in [0.1, 0.15) is 0 Å². The molecule has 0 aromatic rings. The molecule has 0 aliphatic rings. The van der Waals surface area contributed by atoms with Gasteiger partial charge in [0, 0.05) is 20.1 Å². The van der Waals surface area contributed by atoms with Crippen molar-refractivity contribution in [1.29, 1.82) is 0 Å². The van der Waals surface area contributed by atoms with Gasteiger partial charge in [0.25, 0.3) is 11.9 Å². The molecule has 2 atom stereocenters. The first kappa shape index (κ1) is 15.7. The SMILES string of the molecule is O=C(O)C([S-])CCC([S-])C(=O)O.[99Tc]. The molecule has 4 nitrogen and oxygen atoms in total. The van der Waals surface area contributed by atoms with Crippen LogP contribution in [0.15, 0.2) is 0 Å². The molecule has 0 spiro atoms. The number of carboxylic acids is 2. The van der Waals surface area contributed by atoms with Crippen LogP contribution in [0.25, 0.3) is 0 Å². The molecule has 2 unspecified atom stereocenters. The molecule has 0 aliphatic heterocycles. The van der Waals surface area contributed by atoms with E-state index in [1.165, 1.54) is 0 Å². The second kappa shape index (κ2) is 7.67. The summed E-state index contributed by atoms with van der Waals surface area (Å²) in [6.07, 6.45) is 0.260. The Morgan fingerprint density at radius 3 is 1.38 bits per heavy atom. The smallest absolute Gasteiger partial charge is 0.282 e. The molecular weight excluding hydrogens is 299 g/mol. The maximum atomic E-state index is 10.2. The van der Waals surface area contributed by atoms with E-state index in [2.05, 4.69) is 25.3 Å². The molecule has 0 saturated carbocycles. The summed E-state index contributed by atoms with van der Waals surface area (Å²) in [5.41, 5.74) is 0. The second-order valence-electron chi connectivity index (χ2n) is 2.23. The number of hydrogen-bond donors (Lipinski definition) is 2. The third kappa shape index (κ3) is 7.37. The Labute approximate surface area is 100 Å². The van der Waals surface area contributed by atoms with Crippen molar-refractivity contribution in [3.05, 3.63) is 0 Å².